The lowest BCUT2D eigenvalue weighted by atomic mass is 10.1. The highest BCUT2D eigenvalue weighted by Gasteiger charge is 2.34. The van der Waals surface area contributed by atoms with Crippen molar-refractivity contribution >= 4 is 35.0 Å². The lowest BCUT2D eigenvalue weighted by molar-refractivity contribution is 0.0694. The standard InChI is InChI=1S/C18H22FN3O5.ClH.H2O/c1-4-21-6-10(18(24)25)16(23)9-5-11(19)15(17(27-3)14(9)21)22-7-12(20)13(8-22)26-2;;/h5-6,12-13H,4,7-8,20H2,1-3H3,(H,24,25);1H;1H2/t12-,13+;;/m0../s1. The van der Waals surface area contributed by atoms with Gasteiger partial charge in [-0.25, -0.2) is 9.18 Å². The summed E-state index contributed by atoms with van der Waals surface area (Å²) < 4.78 is 27.4. The van der Waals surface area contributed by atoms with Crippen molar-refractivity contribution in [3.63, 3.8) is 0 Å². The maximum absolute atomic E-state index is 15.0. The van der Waals surface area contributed by atoms with Gasteiger partial charge in [0.05, 0.1) is 30.2 Å². The lowest BCUT2D eigenvalue weighted by Crippen LogP contribution is -2.34. The topological polar surface area (TPSA) is 139 Å². The van der Waals surface area contributed by atoms with Gasteiger partial charge in [-0.3, -0.25) is 4.79 Å². The van der Waals surface area contributed by atoms with E-state index < -0.39 is 22.8 Å². The average Bonchev–Trinajstić information content (AvgIpc) is 3.01. The molecule has 2 aromatic rings. The molecule has 0 spiro atoms. The van der Waals surface area contributed by atoms with Gasteiger partial charge >= 0.3 is 5.97 Å². The van der Waals surface area contributed by atoms with Gasteiger partial charge in [0.2, 0.25) is 5.43 Å². The zero-order chi connectivity index (χ0) is 19.9. The summed E-state index contributed by atoms with van der Waals surface area (Å²) in [4.78, 5) is 25.7. The second kappa shape index (κ2) is 9.40. The maximum Gasteiger partial charge on any atom is 0.341 e. The van der Waals surface area contributed by atoms with Crippen LogP contribution in [0.2, 0.25) is 0 Å². The molecule has 1 aromatic heterocycles. The van der Waals surface area contributed by atoms with Crippen LogP contribution in [-0.4, -0.2) is 60.6 Å². The smallest absolute Gasteiger partial charge is 0.341 e. The molecule has 0 aliphatic carbocycles. The average molecular weight is 434 g/mol. The van der Waals surface area contributed by atoms with Gasteiger partial charge in [-0.15, -0.1) is 12.4 Å². The van der Waals surface area contributed by atoms with E-state index in [1.807, 2.05) is 0 Å². The van der Waals surface area contributed by atoms with Gasteiger partial charge in [0, 0.05) is 32.9 Å². The van der Waals surface area contributed by atoms with Gasteiger partial charge < -0.3 is 35.3 Å². The van der Waals surface area contributed by atoms with Crippen LogP contribution in [0.25, 0.3) is 10.9 Å². The van der Waals surface area contributed by atoms with Crippen molar-refractivity contribution in [2.75, 3.05) is 32.2 Å². The van der Waals surface area contributed by atoms with Gasteiger partial charge in [-0.1, -0.05) is 0 Å². The van der Waals surface area contributed by atoms with E-state index in [0.717, 1.165) is 6.07 Å². The van der Waals surface area contributed by atoms with E-state index in [-0.39, 0.29) is 46.9 Å². The van der Waals surface area contributed by atoms with Crippen molar-refractivity contribution in [2.24, 2.45) is 5.73 Å². The monoisotopic (exact) mass is 433 g/mol. The van der Waals surface area contributed by atoms with Crippen LogP contribution < -0.4 is 20.8 Å². The Morgan fingerprint density at radius 3 is 2.52 bits per heavy atom. The third-order valence-corrected chi connectivity index (χ3v) is 4.95. The molecule has 0 bridgehead atoms. The summed E-state index contributed by atoms with van der Waals surface area (Å²) in [6, 6.07) is 0.775. The molecule has 2 atom stereocenters. The molecule has 0 radical (unpaired) electrons. The Morgan fingerprint density at radius 2 is 2.03 bits per heavy atom. The van der Waals surface area contributed by atoms with Crippen molar-refractivity contribution in [3.8, 4) is 5.75 Å². The van der Waals surface area contributed by atoms with E-state index in [1.165, 1.54) is 13.3 Å². The van der Waals surface area contributed by atoms with E-state index in [2.05, 4.69) is 0 Å². The van der Waals surface area contributed by atoms with E-state index in [9.17, 15) is 14.7 Å². The molecule has 0 saturated carbocycles. The molecule has 0 unspecified atom stereocenters. The number of aryl methyl sites for hydroxylation is 1. The van der Waals surface area contributed by atoms with Crippen LogP contribution in [0, 0.1) is 5.82 Å². The Hall–Kier alpha value is -2.40. The number of aromatic nitrogens is 1. The second-order valence-corrected chi connectivity index (χ2v) is 6.44. The summed E-state index contributed by atoms with van der Waals surface area (Å²) in [7, 11) is 2.93. The molecule has 0 amide bonds. The fraction of sp³-hybridized carbons (Fsp3) is 0.444. The highest BCUT2D eigenvalue weighted by Crippen LogP contribution is 2.39. The van der Waals surface area contributed by atoms with Crippen LogP contribution in [0.3, 0.4) is 0 Å². The second-order valence-electron chi connectivity index (χ2n) is 6.44. The normalized spacial score (nSPS) is 18.3. The van der Waals surface area contributed by atoms with Crippen molar-refractivity contribution in [1.82, 2.24) is 4.57 Å². The Balaban J connectivity index is 0.00000210. The SMILES string of the molecule is CCn1cc(C(=O)O)c(=O)c2cc(F)c(N3C[C@H](N)[C@H](OC)C3)c(OC)c21.Cl.O. The van der Waals surface area contributed by atoms with E-state index in [1.54, 1.807) is 23.5 Å². The number of carboxylic acid groups (broad SMARTS) is 1. The molecule has 11 heteroatoms. The van der Waals surface area contributed by atoms with Crippen LogP contribution in [-0.2, 0) is 11.3 Å². The summed E-state index contributed by atoms with van der Waals surface area (Å²) in [5, 5.41) is 9.24. The van der Waals surface area contributed by atoms with Crippen molar-refractivity contribution < 1.29 is 29.2 Å². The molecule has 9 nitrogen and oxygen atoms in total. The predicted molar refractivity (Wildman–Crippen MR) is 109 cm³/mol. The predicted octanol–water partition coefficient (Wildman–Crippen LogP) is 0.627. The molecule has 3 rings (SSSR count). The number of carboxylic acids is 1. The molecule has 5 N–H and O–H groups in total. The van der Waals surface area contributed by atoms with E-state index >= 15 is 4.39 Å². The summed E-state index contributed by atoms with van der Waals surface area (Å²) in [6.07, 6.45) is 0.998. The maximum atomic E-state index is 15.0. The third-order valence-electron chi connectivity index (χ3n) is 4.95. The zero-order valence-electron chi connectivity index (χ0n) is 16.3. The number of ether oxygens (including phenoxy) is 2. The molecular formula is C18H25ClFN3O6. The highest BCUT2D eigenvalue weighted by molar-refractivity contribution is 5.97. The first kappa shape index (κ1) is 24.6. The number of rotatable bonds is 5. The molecule has 29 heavy (non-hydrogen) atoms. The van der Waals surface area contributed by atoms with Crippen LogP contribution in [0.4, 0.5) is 10.1 Å². The van der Waals surface area contributed by atoms with Crippen molar-refractivity contribution in [3.05, 3.63) is 33.9 Å². The molecular weight excluding hydrogens is 409 g/mol. The van der Waals surface area contributed by atoms with Crippen molar-refractivity contribution in [1.29, 1.82) is 0 Å². The van der Waals surface area contributed by atoms with Crippen molar-refractivity contribution in [2.45, 2.75) is 25.6 Å². The van der Waals surface area contributed by atoms with E-state index in [4.69, 9.17) is 15.2 Å². The number of anilines is 1. The molecule has 1 fully saturated rings. The van der Waals surface area contributed by atoms with Crippen LogP contribution in [0.1, 0.15) is 17.3 Å². The first-order valence-electron chi connectivity index (χ1n) is 8.54. The van der Waals surface area contributed by atoms with Gasteiger partial charge in [0.25, 0.3) is 0 Å². The Bertz CT molecular complexity index is 967. The van der Waals surface area contributed by atoms with Gasteiger partial charge in [-0.2, -0.15) is 0 Å². The summed E-state index contributed by atoms with van der Waals surface area (Å²) in [5.41, 5.74) is 5.42. The summed E-state index contributed by atoms with van der Waals surface area (Å²) in [6.45, 7) is 2.91. The number of pyridine rings is 1. The number of aromatic carboxylic acids is 1. The van der Waals surface area contributed by atoms with Crippen LogP contribution >= 0.6 is 12.4 Å². The molecule has 1 aliphatic rings. The largest absolute Gasteiger partial charge is 0.492 e. The molecule has 162 valence electrons. The fourth-order valence-corrected chi connectivity index (χ4v) is 3.61. The first-order valence-corrected chi connectivity index (χ1v) is 8.54. The molecule has 1 aromatic carbocycles. The minimum atomic E-state index is -1.36. The minimum Gasteiger partial charge on any atom is -0.492 e. The number of fused-ring (bicyclic) bond motifs is 1. The number of hydrogen-bond donors (Lipinski definition) is 2. The zero-order valence-corrected chi connectivity index (χ0v) is 17.1. The Kier molecular flexibility index (Phi) is 7.98. The lowest BCUT2D eigenvalue weighted by Gasteiger charge is -2.24. The van der Waals surface area contributed by atoms with Crippen LogP contribution in [0.15, 0.2) is 17.1 Å². The Labute approximate surface area is 172 Å². The number of hydrogen-bond acceptors (Lipinski definition) is 6. The summed E-state index contributed by atoms with van der Waals surface area (Å²) >= 11 is 0. The molecule has 1 saturated heterocycles. The number of nitrogens with zero attached hydrogens (tertiary/aromatic N) is 2. The Morgan fingerprint density at radius 1 is 1.38 bits per heavy atom. The van der Waals surface area contributed by atoms with Gasteiger partial charge in [0.1, 0.15) is 11.3 Å². The van der Waals surface area contributed by atoms with Gasteiger partial charge in [0.15, 0.2) is 11.6 Å². The van der Waals surface area contributed by atoms with E-state index in [0.29, 0.717) is 25.2 Å². The summed E-state index contributed by atoms with van der Waals surface area (Å²) in [5.74, 6) is -1.86. The number of halogens is 2. The molecule has 1 aliphatic heterocycles. The molecule has 2 heterocycles. The van der Waals surface area contributed by atoms with Gasteiger partial charge in [-0.05, 0) is 13.0 Å². The number of benzene rings is 1. The fourth-order valence-electron chi connectivity index (χ4n) is 3.61. The first-order chi connectivity index (χ1) is 12.8. The minimum absolute atomic E-state index is 0. The van der Waals surface area contributed by atoms with Crippen LogP contribution in [0.5, 0.6) is 5.75 Å². The quantitative estimate of drug-likeness (QED) is 0.704. The number of nitrogens with two attached hydrogens (primary N) is 1. The number of carbonyl (C=O) groups is 1. The number of methoxy groups -OCH3 is 2. The third kappa shape index (κ3) is 4.01. The highest BCUT2D eigenvalue weighted by atomic mass is 35.5.